The van der Waals surface area contributed by atoms with Gasteiger partial charge in [-0.15, -0.1) is 0 Å². The summed E-state index contributed by atoms with van der Waals surface area (Å²) in [6.45, 7) is 2.43. The molecular formula is C40H26S. The van der Waals surface area contributed by atoms with E-state index < -0.39 is 0 Å². The Hall–Kier alpha value is -4.59. The van der Waals surface area contributed by atoms with Crippen LogP contribution >= 0.6 is 11.8 Å². The van der Waals surface area contributed by atoms with Crippen molar-refractivity contribution in [2.45, 2.75) is 22.1 Å². The molecule has 7 aromatic carbocycles. The summed E-state index contributed by atoms with van der Waals surface area (Å²) in [6.07, 6.45) is 0. The quantitative estimate of drug-likeness (QED) is 0.211. The molecule has 1 heteroatoms. The zero-order valence-electron chi connectivity index (χ0n) is 22.7. The van der Waals surface area contributed by atoms with Gasteiger partial charge >= 0.3 is 0 Å². The fourth-order valence-corrected chi connectivity index (χ4v) is 8.67. The molecule has 1 atom stereocenters. The number of rotatable bonds is 2. The summed E-state index contributed by atoms with van der Waals surface area (Å²) in [5, 5.41) is 5.31. The molecule has 0 fully saturated rings. The smallest absolute Gasteiger partial charge is 0.0441 e. The molecule has 0 saturated carbocycles. The number of hydrogen-bond acceptors (Lipinski definition) is 1. The topological polar surface area (TPSA) is 0 Å². The first-order valence-electron chi connectivity index (χ1n) is 14.3. The summed E-state index contributed by atoms with van der Waals surface area (Å²) in [4.78, 5) is 2.69. The fourth-order valence-electron chi connectivity index (χ4n) is 7.39. The van der Waals surface area contributed by atoms with Gasteiger partial charge in [0.05, 0.1) is 0 Å². The summed E-state index contributed by atoms with van der Waals surface area (Å²) in [7, 11) is 0. The first kappa shape index (κ1) is 23.1. The molecule has 0 amide bonds. The van der Waals surface area contributed by atoms with Crippen molar-refractivity contribution >= 4 is 33.3 Å². The normalized spacial score (nSPS) is 16.4. The van der Waals surface area contributed by atoms with Gasteiger partial charge in [0.25, 0.3) is 0 Å². The van der Waals surface area contributed by atoms with Crippen LogP contribution in [0.5, 0.6) is 0 Å². The van der Waals surface area contributed by atoms with E-state index in [1.807, 2.05) is 11.8 Å². The van der Waals surface area contributed by atoms with E-state index in [1.54, 1.807) is 0 Å². The van der Waals surface area contributed by atoms with Crippen LogP contribution in [-0.4, -0.2) is 0 Å². The van der Waals surface area contributed by atoms with Crippen molar-refractivity contribution in [1.29, 1.82) is 0 Å². The lowest BCUT2D eigenvalue weighted by Gasteiger charge is -2.30. The highest BCUT2D eigenvalue weighted by atomic mass is 32.2. The Kier molecular flexibility index (Phi) is 4.77. The number of fused-ring (bicyclic) bond motifs is 7. The van der Waals surface area contributed by atoms with Gasteiger partial charge < -0.3 is 0 Å². The van der Waals surface area contributed by atoms with Gasteiger partial charge in [-0.3, -0.25) is 0 Å². The lowest BCUT2D eigenvalue weighted by atomic mass is 9.72. The van der Waals surface area contributed by atoms with Crippen LogP contribution in [0.15, 0.2) is 149 Å². The van der Waals surface area contributed by atoms with Crippen LogP contribution in [0, 0.1) is 0 Å². The molecule has 0 radical (unpaired) electrons. The summed E-state index contributed by atoms with van der Waals surface area (Å²) >= 11 is 1.92. The summed E-state index contributed by atoms with van der Waals surface area (Å²) in [6, 6.07) is 51.9. The van der Waals surface area contributed by atoms with Crippen LogP contribution in [0.1, 0.15) is 23.6 Å². The Balaban J connectivity index is 1.32. The SMILES string of the molecule is CC1(c2ccccc2)c2cc(-c3ccc4cccc5c4c3Sc3ccccc3-5)ccc2-c2ccc3ccccc3c21. The van der Waals surface area contributed by atoms with Gasteiger partial charge in [-0.25, -0.2) is 0 Å². The zero-order valence-corrected chi connectivity index (χ0v) is 23.5. The maximum absolute atomic E-state index is 2.48. The average molecular weight is 539 g/mol. The highest BCUT2D eigenvalue weighted by Crippen LogP contribution is 2.56. The Morgan fingerprint density at radius 3 is 2.15 bits per heavy atom. The molecular weight excluding hydrogens is 513 g/mol. The molecule has 1 aliphatic carbocycles. The monoisotopic (exact) mass is 538 g/mol. The minimum atomic E-state index is -0.262. The van der Waals surface area contributed by atoms with E-state index in [9.17, 15) is 0 Å². The summed E-state index contributed by atoms with van der Waals surface area (Å²) in [5.41, 5.74) is 11.8. The van der Waals surface area contributed by atoms with Crippen molar-refractivity contribution in [3.8, 4) is 33.4 Å². The first-order chi connectivity index (χ1) is 20.2. The van der Waals surface area contributed by atoms with Gasteiger partial charge in [0.2, 0.25) is 0 Å². The van der Waals surface area contributed by atoms with E-state index in [1.165, 1.54) is 81.4 Å². The predicted molar refractivity (Wildman–Crippen MR) is 174 cm³/mol. The van der Waals surface area contributed by atoms with E-state index in [2.05, 4.69) is 146 Å². The van der Waals surface area contributed by atoms with Crippen LogP contribution < -0.4 is 0 Å². The Bertz CT molecular complexity index is 2190. The minimum Gasteiger partial charge on any atom is -0.0881 e. The fraction of sp³-hybridized carbons (Fsp3) is 0.0500. The second kappa shape index (κ2) is 8.46. The molecule has 1 heterocycles. The highest BCUT2D eigenvalue weighted by molar-refractivity contribution is 8.00. The van der Waals surface area contributed by atoms with E-state index in [4.69, 9.17) is 0 Å². The zero-order chi connectivity index (χ0) is 27.1. The first-order valence-corrected chi connectivity index (χ1v) is 15.1. The van der Waals surface area contributed by atoms with E-state index in [0.29, 0.717) is 0 Å². The molecule has 0 bridgehead atoms. The van der Waals surface area contributed by atoms with Gasteiger partial charge in [0.1, 0.15) is 0 Å². The van der Waals surface area contributed by atoms with Crippen molar-refractivity contribution in [2.24, 2.45) is 0 Å². The molecule has 41 heavy (non-hydrogen) atoms. The third-order valence-electron chi connectivity index (χ3n) is 9.33. The van der Waals surface area contributed by atoms with Crippen LogP contribution in [0.4, 0.5) is 0 Å². The molecule has 2 aliphatic rings. The van der Waals surface area contributed by atoms with Gasteiger partial charge in [0, 0.05) is 20.6 Å². The van der Waals surface area contributed by atoms with E-state index >= 15 is 0 Å². The maximum Gasteiger partial charge on any atom is 0.0441 e. The third kappa shape index (κ3) is 3.13. The third-order valence-corrected chi connectivity index (χ3v) is 10.5. The Morgan fingerprint density at radius 1 is 0.512 bits per heavy atom. The molecule has 7 aromatic rings. The maximum atomic E-state index is 2.48. The molecule has 1 aliphatic heterocycles. The average Bonchev–Trinajstić information content (AvgIpc) is 3.30. The lowest BCUT2D eigenvalue weighted by molar-refractivity contribution is 0.720. The van der Waals surface area contributed by atoms with Crippen LogP contribution in [0.2, 0.25) is 0 Å². The molecule has 0 saturated heterocycles. The van der Waals surface area contributed by atoms with Crippen molar-refractivity contribution in [1.82, 2.24) is 0 Å². The summed E-state index contributed by atoms with van der Waals surface area (Å²) < 4.78 is 0. The minimum absolute atomic E-state index is 0.262. The molecule has 0 spiro atoms. The van der Waals surface area contributed by atoms with E-state index in [0.717, 1.165) is 0 Å². The van der Waals surface area contributed by atoms with Crippen LogP contribution in [0.3, 0.4) is 0 Å². The molecule has 0 N–H and O–H groups in total. The molecule has 192 valence electrons. The van der Waals surface area contributed by atoms with Crippen molar-refractivity contribution in [2.75, 3.05) is 0 Å². The van der Waals surface area contributed by atoms with Gasteiger partial charge in [-0.05, 0) is 85.3 Å². The van der Waals surface area contributed by atoms with Crippen molar-refractivity contribution in [3.63, 3.8) is 0 Å². The van der Waals surface area contributed by atoms with Crippen molar-refractivity contribution in [3.05, 3.63) is 156 Å². The van der Waals surface area contributed by atoms with E-state index in [-0.39, 0.29) is 5.41 Å². The Morgan fingerprint density at radius 2 is 1.22 bits per heavy atom. The largest absolute Gasteiger partial charge is 0.0881 e. The van der Waals surface area contributed by atoms with Gasteiger partial charge in [0.15, 0.2) is 0 Å². The Labute approximate surface area is 244 Å². The lowest BCUT2D eigenvalue weighted by Crippen LogP contribution is -2.22. The molecule has 0 aromatic heterocycles. The highest BCUT2D eigenvalue weighted by Gasteiger charge is 2.42. The van der Waals surface area contributed by atoms with Crippen LogP contribution in [0.25, 0.3) is 54.9 Å². The molecule has 1 unspecified atom stereocenters. The van der Waals surface area contributed by atoms with Crippen LogP contribution in [-0.2, 0) is 5.41 Å². The predicted octanol–water partition coefficient (Wildman–Crippen LogP) is 11.1. The second-order valence-electron chi connectivity index (χ2n) is 11.4. The van der Waals surface area contributed by atoms with Crippen molar-refractivity contribution < 1.29 is 0 Å². The number of benzene rings is 7. The number of hydrogen-bond donors (Lipinski definition) is 0. The van der Waals surface area contributed by atoms with Gasteiger partial charge in [-0.2, -0.15) is 0 Å². The standard InChI is InChI=1S/C40H26S/c1-40(28-12-3-2-4-13-28)35-24-27(20-22-31(35)34-23-18-25-10-5-6-14-29(25)38(34)40)30-21-19-26-11-9-16-33-32-15-7-8-17-36(32)41-39(30)37(26)33/h2-24H,1H3. The summed E-state index contributed by atoms with van der Waals surface area (Å²) in [5.74, 6) is 0. The second-order valence-corrected chi connectivity index (χ2v) is 12.5. The molecule has 9 rings (SSSR count). The van der Waals surface area contributed by atoms with Gasteiger partial charge in [-0.1, -0.05) is 139 Å². The molecule has 0 nitrogen and oxygen atoms in total.